The number of hydrogen-bond donors (Lipinski definition) is 2. The van der Waals surface area contributed by atoms with Crippen LogP contribution in [0.1, 0.15) is 0 Å². The van der Waals surface area contributed by atoms with E-state index in [1.54, 1.807) is 0 Å². The molecule has 0 radical (unpaired) electrons. The van der Waals surface area contributed by atoms with Gasteiger partial charge in [0.2, 0.25) is 0 Å². The fourth-order valence-electron chi connectivity index (χ4n) is 0. The van der Waals surface area contributed by atoms with Gasteiger partial charge in [-0.15, -0.1) is 0 Å². The van der Waals surface area contributed by atoms with Crippen LogP contribution >= 0.6 is 0 Å². The summed E-state index contributed by atoms with van der Waals surface area (Å²) in [5.41, 5.74) is 0. The molecular formula is CH5KO3S. The van der Waals surface area contributed by atoms with Gasteiger partial charge in [-0.05, 0) is 0 Å². The van der Waals surface area contributed by atoms with Gasteiger partial charge >= 0.3 is 50.0 Å². The summed E-state index contributed by atoms with van der Waals surface area (Å²) in [5, 5.41) is 0. The first-order valence-corrected chi connectivity index (χ1v) is 5.72. The van der Waals surface area contributed by atoms with E-state index in [0.717, 1.165) is 49.0 Å². The van der Waals surface area contributed by atoms with Crippen molar-refractivity contribution in [2.75, 3.05) is 0 Å². The topological polar surface area (TPSA) is 57.5 Å². The Labute approximate surface area is 73.2 Å². The predicted molar refractivity (Wildman–Crippen MR) is 25.0 cm³/mol. The molecule has 0 bridgehead atoms. The van der Waals surface area contributed by atoms with Crippen molar-refractivity contribution in [3.05, 3.63) is 0 Å². The molecule has 0 spiro atoms. The zero-order valence-electron chi connectivity index (χ0n) is 3.71. The van der Waals surface area contributed by atoms with E-state index in [0.29, 0.717) is 0 Å². The second-order valence-corrected chi connectivity index (χ2v) is 0.692. The number of rotatable bonds is 0. The molecule has 0 aliphatic rings. The van der Waals surface area contributed by atoms with Crippen molar-refractivity contribution in [2.45, 2.75) is 1.02 Å². The van der Waals surface area contributed by atoms with Crippen molar-refractivity contribution in [2.24, 2.45) is 0 Å². The van der Waals surface area contributed by atoms with Gasteiger partial charge in [0.1, 0.15) is 0 Å². The van der Waals surface area contributed by atoms with E-state index < -0.39 is 11.4 Å². The van der Waals surface area contributed by atoms with E-state index in [2.05, 4.69) is 1.02 Å². The van der Waals surface area contributed by atoms with Crippen LogP contribution in [0.5, 0.6) is 0 Å². The molecule has 34 valence electrons. The third-order valence-corrected chi connectivity index (χ3v) is 0. The predicted octanol–water partition coefficient (Wildman–Crippen LogP) is -0.116. The Bertz CT molecular complexity index is 33.8. The van der Waals surface area contributed by atoms with Gasteiger partial charge in [-0.2, -0.15) is 4.21 Å². The van der Waals surface area contributed by atoms with Crippen LogP contribution in [0, 0.1) is 0 Å². The van der Waals surface area contributed by atoms with Crippen molar-refractivity contribution in [3.63, 3.8) is 0 Å². The first-order valence-electron chi connectivity index (χ1n) is 1.53. The summed E-state index contributed by atoms with van der Waals surface area (Å²) in [7, 11) is 0. The average Bonchev–Trinajstić information content (AvgIpc) is 1.41. The van der Waals surface area contributed by atoms with Crippen molar-refractivity contribution < 1.29 is 13.3 Å². The van der Waals surface area contributed by atoms with Crippen LogP contribution in [-0.2, 0) is 11.4 Å². The molecule has 0 fully saturated rings. The Balaban J connectivity index is 0. The van der Waals surface area contributed by atoms with Crippen LogP contribution < -0.4 is 0 Å². The van der Waals surface area contributed by atoms with Gasteiger partial charge in [0.15, 0.2) is 0 Å². The Kier molecular flexibility index (Phi) is 17.5. The normalized spacial score (nSPS) is 7.00. The van der Waals surface area contributed by atoms with Gasteiger partial charge in [-0.25, -0.2) is 0 Å². The molecule has 0 rings (SSSR count). The summed E-state index contributed by atoms with van der Waals surface area (Å²) < 4.78 is 25.0. The maximum atomic E-state index is 8.67. The zero-order chi connectivity index (χ0) is 5.58. The van der Waals surface area contributed by atoms with E-state index in [4.69, 9.17) is 13.3 Å². The average molecular weight is 136 g/mol. The summed E-state index contributed by atoms with van der Waals surface area (Å²) in [6.07, 6.45) is 0. The van der Waals surface area contributed by atoms with E-state index in [9.17, 15) is 0 Å². The van der Waals surface area contributed by atoms with Crippen LogP contribution in [-0.4, -0.2) is 62.3 Å². The Morgan fingerprint density at radius 1 is 1.50 bits per heavy atom. The molecule has 3 nitrogen and oxygen atoms in total. The maximum absolute atomic E-state index is 8.67. The third-order valence-electron chi connectivity index (χ3n) is 0. The van der Waals surface area contributed by atoms with Crippen molar-refractivity contribution in [1.82, 2.24) is 0 Å². The molecule has 0 aliphatic heterocycles. The second-order valence-electron chi connectivity index (χ2n) is 0.231. The number of hydrogen-bond acceptors (Lipinski definition) is 1. The van der Waals surface area contributed by atoms with E-state index in [-0.39, 0.29) is 0 Å². The van der Waals surface area contributed by atoms with Gasteiger partial charge in [-0.3, -0.25) is 9.11 Å². The first-order chi connectivity index (χ1) is 2.73. The fraction of sp³-hybridized carbons (Fsp3) is 1.00. The molecule has 0 saturated carbocycles. The van der Waals surface area contributed by atoms with Gasteiger partial charge in [-0.1, -0.05) is 0 Å². The van der Waals surface area contributed by atoms with Gasteiger partial charge < -0.3 is 0 Å². The van der Waals surface area contributed by atoms with Gasteiger partial charge in [0.25, 0.3) is 11.4 Å². The van der Waals surface area contributed by atoms with Gasteiger partial charge in [0.05, 0.1) is 0 Å². The fourth-order valence-corrected chi connectivity index (χ4v) is 0. The SMILES string of the molecule is O=S(O)O.[CH3][K]. The minimum absolute atomic E-state index is 1.06. The van der Waals surface area contributed by atoms with E-state index in [1.807, 2.05) is 0 Å². The molecule has 0 heterocycles. The van der Waals surface area contributed by atoms with Gasteiger partial charge in [0, 0.05) is 0 Å². The Morgan fingerprint density at radius 3 is 1.50 bits per heavy atom. The molecule has 0 aromatic rings. The molecular weight excluding hydrogens is 131 g/mol. The molecule has 0 atom stereocenters. The van der Waals surface area contributed by atoms with Crippen LogP contribution in [0.25, 0.3) is 0 Å². The molecule has 0 aromatic heterocycles. The molecule has 0 aliphatic carbocycles. The van der Waals surface area contributed by atoms with Crippen molar-refractivity contribution in [1.29, 1.82) is 0 Å². The van der Waals surface area contributed by atoms with Crippen LogP contribution in [0.2, 0.25) is 1.02 Å². The monoisotopic (exact) mass is 136 g/mol. The summed E-state index contributed by atoms with van der Waals surface area (Å²) >= 11 is -1.55. The molecule has 6 heavy (non-hydrogen) atoms. The van der Waals surface area contributed by atoms with Crippen molar-refractivity contribution in [3.8, 4) is 0 Å². The van der Waals surface area contributed by atoms with Crippen LogP contribution in [0.3, 0.4) is 0 Å². The van der Waals surface area contributed by atoms with Crippen LogP contribution in [0.15, 0.2) is 0 Å². The van der Waals surface area contributed by atoms with Crippen molar-refractivity contribution >= 4 is 60.3 Å². The molecule has 5 heteroatoms. The molecule has 0 amide bonds. The summed E-state index contributed by atoms with van der Waals surface area (Å²) in [6.45, 7) is 0. The third kappa shape index (κ3) is 43.4. The Hall–Kier alpha value is 1.71. The minimum atomic E-state index is -2.61. The molecule has 0 aromatic carbocycles. The summed E-state index contributed by atoms with van der Waals surface area (Å²) in [5.74, 6) is 0. The standard InChI is InChI=1S/CH3.K.H2O3S/c;;1-4(2)3/h1H3;;(H2,1,2,3). The first kappa shape index (κ1) is 10.6. The molecule has 0 unspecified atom stereocenters. The van der Waals surface area contributed by atoms with E-state index in [1.165, 1.54) is 0 Å². The quantitative estimate of drug-likeness (QED) is 0.360. The Morgan fingerprint density at radius 2 is 1.50 bits per heavy atom. The van der Waals surface area contributed by atoms with Crippen LogP contribution in [0.4, 0.5) is 0 Å². The zero-order valence-corrected chi connectivity index (χ0v) is 7.65. The van der Waals surface area contributed by atoms with E-state index >= 15 is 0 Å². The summed E-state index contributed by atoms with van der Waals surface area (Å²) in [6, 6.07) is 0. The second kappa shape index (κ2) is 9.86. The molecule has 0 saturated heterocycles. The molecule has 2 N–H and O–H groups in total. The summed E-state index contributed by atoms with van der Waals surface area (Å²) in [4.78, 5) is 0.